The minimum absolute atomic E-state index is 0.0536. The second kappa shape index (κ2) is 8.60. The van der Waals surface area contributed by atoms with Crippen molar-refractivity contribution >= 4 is 28.8 Å². The van der Waals surface area contributed by atoms with Gasteiger partial charge in [0.05, 0.1) is 12.1 Å². The van der Waals surface area contributed by atoms with Gasteiger partial charge in [0.1, 0.15) is 5.01 Å². The summed E-state index contributed by atoms with van der Waals surface area (Å²) in [7, 11) is 0. The number of anilines is 1. The van der Waals surface area contributed by atoms with Crippen LogP contribution < -0.4 is 10.6 Å². The van der Waals surface area contributed by atoms with Crippen LogP contribution >= 0.6 is 11.3 Å². The van der Waals surface area contributed by atoms with E-state index < -0.39 is 0 Å². The Hall–Kier alpha value is -2.99. The van der Waals surface area contributed by atoms with E-state index in [0.29, 0.717) is 6.54 Å². The SMILES string of the molecule is CC(=O)Nc1cccc(-c2nc(CC(=O)NCc3ccccc3C)cs2)c1. The van der Waals surface area contributed by atoms with E-state index in [-0.39, 0.29) is 18.2 Å². The number of carbonyl (C=O) groups excluding carboxylic acids is 2. The topological polar surface area (TPSA) is 71.1 Å². The zero-order chi connectivity index (χ0) is 19.2. The summed E-state index contributed by atoms with van der Waals surface area (Å²) in [4.78, 5) is 28.0. The molecule has 2 amide bonds. The van der Waals surface area contributed by atoms with E-state index in [0.717, 1.165) is 33.1 Å². The van der Waals surface area contributed by atoms with E-state index >= 15 is 0 Å². The molecule has 0 atom stereocenters. The van der Waals surface area contributed by atoms with Gasteiger partial charge < -0.3 is 10.6 Å². The summed E-state index contributed by atoms with van der Waals surface area (Å²) in [6.45, 7) is 4.02. The predicted molar refractivity (Wildman–Crippen MR) is 109 cm³/mol. The largest absolute Gasteiger partial charge is 0.352 e. The average molecular weight is 379 g/mol. The standard InChI is InChI=1S/C21H21N3O2S/c1-14-6-3-4-7-17(14)12-22-20(26)11-19-13-27-21(24-19)16-8-5-9-18(10-16)23-15(2)25/h3-10,13H,11-12H2,1-2H3,(H,22,26)(H,23,25). The van der Waals surface area contributed by atoms with Crippen LogP contribution in [0.3, 0.4) is 0 Å². The van der Waals surface area contributed by atoms with Gasteiger partial charge >= 0.3 is 0 Å². The zero-order valence-corrected chi connectivity index (χ0v) is 16.1. The number of rotatable bonds is 6. The van der Waals surface area contributed by atoms with E-state index in [1.165, 1.54) is 18.3 Å². The molecular formula is C21H21N3O2S. The third-order valence-corrected chi connectivity index (χ3v) is 5.00. The molecule has 2 aromatic carbocycles. The van der Waals surface area contributed by atoms with Gasteiger partial charge in [-0.25, -0.2) is 4.98 Å². The molecule has 1 heterocycles. The second-order valence-electron chi connectivity index (χ2n) is 6.29. The predicted octanol–water partition coefficient (Wildman–Crippen LogP) is 3.94. The molecule has 27 heavy (non-hydrogen) atoms. The van der Waals surface area contributed by atoms with E-state index in [4.69, 9.17) is 0 Å². The quantitative estimate of drug-likeness (QED) is 0.682. The number of carbonyl (C=O) groups is 2. The molecule has 0 aliphatic carbocycles. The number of amides is 2. The number of benzene rings is 2. The van der Waals surface area contributed by atoms with E-state index in [1.54, 1.807) is 0 Å². The Morgan fingerprint density at radius 3 is 2.70 bits per heavy atom. The van der Waals surface area contributed by atoms with Gasteiger partial charge in [-0.1, -0.05) is 36.4 Å². The Kier molecular flexibility index (Phi) is 5.98. The lowest BCUT2D eigenvalue weighted by atomic mass is 10.1. The fraction of sp³-hybridized carbons (Fsp3) is 0.190. The first kappa shape index (κ1) is 18.8. The fourth-order valence-electron chi connectivity index (χ4n) is 2.68. The number of hydrogen-bond acceptors (Lipinski definition) is 4. The van der Waals surface area contributed by atoms with Gasteiger partial charge in [-0.3, -0.25) is 9.59 Å². The van der Waals surface area contributed by atoms with Crippen molar-refractivity contribution in [2.24, 2.45) is 0 Å². The van der Waals surface area contributed by atoms with Gasteiger partial charge in [0.2, 0.25) is 11.8 Å². The molecule has 0 bridgehead atoms. The third kappa shape index (κ3) is 5.24. The first-order valence-corrected chi connectivity index (χ1v) is 9.53. The van der Waals surface area contributed by atoms with Crippen LogP contribution in [-0.2, 0) is 22.6 Å². The summed E-state index contributed by atoms with van der Waals surface area (Å²) in [6, 6.07) is 15.5. The highest BCUT2D eigenvalue weighted by atomic mass is 32.1. The Balaban J connectivity index is 1.61. The van der Waals surface area contributed by atoms with Gasteiger partial charge in [0.25, 0.3) is 0 Å². The van der Waals surface area contributed by atoms with Crippen LogP contribution in [0.2, 0.25) is 0 Å². The number of aryl methyl sites for hydroxylation is 1. The highest BCUT2D eigenvalue weighted by Gasteiger charge is 2.10. The van der Waals surface area contributed by atoms with Crippen LogP contribution in [-0.4, -0.2) is 16.8 Å². The average Bonchev–Trinajstić information content (AvgIpc) is 3.09. The molecular weight excluding hydrogens is 358 g/mol. The fourth-order valence-corrected chi connectivity index (χ4v) is 3.50. The van der Waals surface area contributed by atoms with Gasteiger partial charge in [-0.2, -0.15) is 0 Å². The normalized spacial score (nSPS) is 10.4. The molecule has 138 valence electrons. The zero-order valence-electron chi connectivity index (χ0n) is 15.3. The first-order chi connectivity index (χ1) is 13.0. The van der Waals surface area contributed by atoms with Gasteiger partial charge in [-0.05, 0) is 30.2 Å². The number of nitrogens with zero attached hydrogens (tertiary/aromatic N) is 1. The van der Waals surface area contributed by atoms with Crippen molar-refractivity contribution in [2.45, 2.75) is 26.8 Å². The Morgan fingerprint density at radius 2 is 1.93 bits per heavy atom. The lowest BCUT2D eigenvalue weighted by molar-refractivity contribution is -0.120. The van der Waals surface area contributed by atoms with Crippen molar-refractivity contribution in [2.75, 3.05) is 5.32 Å². The number of hydrogen-bond donors (Lipinski definition) is 2. The number of thiazole rings is 1. The summed E-state index contributed by atoms with van der Waals surface area (Å²) in [6.07, 6.45) is 0.244. The van der Waals surface area contributed by atoms with Crippen molar-refractivity contribution in [3.63, 3.8) is 0 Å². The summed E-state index contributed by atoms with van der Waals surface area (Å²) in [5.74, 6) is -0.167. The molecule has 3 aromatic rings. The van der Waals surface area contributed by atoms with Crippen LogP contribution in [0.5, 0.6) is 0 Å². The van der Waals surface area contributed by atoms with Crippen molar-refractivity contribution in [3.05, 3.63) is 70.7 Å². The van der Waals surface area contributed by atoms with E-state index in [1.807, 2.05) is 60.8 Å². The van der Waals surface area contributed by atoms with Crippen molar-refractivity contribution in [1.29, 1.82) is 0 Å². The van der Waals surface area contributed by atoms with Crippen LogP contribution in [0.15, 0.2) is 53.9 Å². The second-order valence-corrected chi connectivity index (χ2v) is 7.14. The van der Waals surface area contributed by atoms with Crippen LogP contribution in [0.25, 0.3) is 10.6 Å². The summed E-state index contributed by atoms with van der Waals surface area (Å²) in [5.41, 5.74) is 4.65. The maximum atomic E-state index is 12.2. The number of nitrogens with one attached hydrogen (secondary N) is 2. The summed E-state index contributed by atoms with van der Waals surface area (Å²) < 4.78 is 0. The molecule has 0 saturated carbocycles. The minimum atomic E-state index is -0.114. The van der Waals surface area contributed by atoms with Crippen molar-refractivity contribution in [3.8, 4) is 10.6 Å². The third-order valence-electron chi connectivity index (χ3n) is 4.06. The maximum absolute atomic E-state index is 12.2. The molecule has 0 radical (unpaired) electrons. The lowest BCUT2D eigenvalue weighted by Gasteiger charge is -2.07. The van der Waals surface area contributed by atoms with Crippen molar-refractivity contribution < 1.29 is 9.59 Å². The molecule has 0 aliphatic heterocycles. The Bertz CT molecular complexity index is 965. The minimum Gasteiger partial charge on any atom is -0.352 e. The molecule has 2 N–H and O–H groups in total. The van der Waals surface area contributed by atoms with Gasteiger partial charge in [-0.15, -0.1) is 11.3 Å². The monoisotopic (exact) mass is 379 g/mol. The molecule has 6 heteroatoms. The highest BCUT2D eigenvalue weighted by Crippen LogP contribution is 2.26. The molecule has 0 unspecified atom stereocenters. The molecule has 1 aromatic heterocycles. The Morgan fingerprint density at radius 1 is 1.11 bits per heavy atom. The van der Waals surface area contributed by atoms with E-state index in [9.17, 15) is 9.59 Å². The molecule has 0 spiro atoms. The molecule has 3 rings (SSSR count). The van der Waals surface area contributed by atoms with Crippen LogP contribution in [0, 0.1) is 6.92 Å². The van der Waals surface area contributed by atoms with Crippen LogP contribution in [0.1, 0.15) is 23.7 Å². The Labute approximate surface area is 162 Å². The molecule has 0 saturated heterocycles. The lowest BCUT2D eigenvalue weighted by Crippen LogP contribution is -2.25. The highest BCUT2D eigenvalue weighted by molar-refractivity contribution is 7.13. The maximum Gasteiger partial charge on any atom is 0.226 e. The number of aromatic nitrogens is 1. The van der Waals surface area contributed by atoms with E-state index in [2.05, 4.69) is 15.6 Å². The molecule has 0 aliphatic rings. The molecule has 5 nitrogen and oxygen atoms in total. The summed E-state index contributed by atoms with van der Waals surface area (Å²) >= 11 is 1.49. The van der Waals surface area contributed by atoms with Gasteiger partial charge in [0, 0.05) is 30.1 Å². The van der Waals surface area contributed by atoms with Crippen molar-refractivity contribution in [1.82, 2.24) is 10.3 Å². The smallest absolute Gasteiger partial charge is 0.226 e. The van der Waals surface area contributed by atoms with Gasteiger partial charge in [0.15, 0.2) is 0 Å². The summed E-state index contributed by atoms with van der Waals surface area (Å²) in [5, 5.41) is 8.43. The first-order valence-electron chi connectivity index (χ1n) is 8.65. The van der Waals surface area contributed by atoms with Crippen LogP contribution in [0.4, 0.5) is 5.69 Å². The molecule has 0 fully saturated rings.